The van der Waals surface area contributed by atoms with Gasteiger partial charge < -0.3 is 9.15 Å². The number of carbonyl (C=O) groups is 2. The van der Waals surface area contributed by atoms with Gasteiger partial charge in [-0.05, 0) is 31.2 Å². The first kappa shape index (κ1) is 15.9. The summed E-state index contributed by atoms with van der Waals surface area (Å²) in [4.78, 5) is 35.0. The van der Waals surface area contributed by atoms with Gasteiger partial charge >= 0.3 is 5.63 Å². The van der Waals surface area contributed by atoms with Crippen LogP contribution in [-0.4, -0.2) is 24.5 Å². The molecule has 2 amide bonds. The van der Waals surface area contributed by atoms with Gasteiger partial charge in [0.25, 0.3) is 5.91 Å². The van der Waals surface area contributed by atoms with Crippen LogP contribution in [0.4, 0.5) is 0 Å². The zero-order chi connectivity index (χ0) is 16.2. The Bertz CT molecular complexity index is 657. The summed E-state index contributed by atoms with van der Waals surface area (Å²) < 4.78 is 10.9. The minimum absolute atomic E-state index is 0.0667. The number of hydrogen-bond acceptors (Lipinski definition) is 5. The van der Waals surface area contributed by atoms with Crippen LogP contribution in [0, 0.1) is 0 Å². The second kappa shape index (κ2) is 7.08. The molecule has 0 bridgehead atoms. The number of imide groups is 1. The lowest BCUT2D eigenvalue weighted by Crippen LogP contribution is -2.38. The van der Waals surface area contributed by atoms with Gasteiger partial charge in [0.05, 0.1) is 18.1 Å². The van der Waals surface area contributed by atoms with Gasteiger partial charge in [0.1, 0.15) is 5.76 Å². The fourth-order valence-corrected chi connectivity index (χ4v) is 3.31. The Morgan fingerprint density at radius 2 is 1.96 bits per heavy atom. The van der Waals surface area contributed by atoms with E-state index in [1.54, 1.807) is 0 Å². The molecule has 3 rings (SSSR count). The molecule has 6 heteroatoms. The van der Waals surface area contributed by atoms with Crippen molar-refractivity contribution in [1.29, 1.82) is 0 Å². The molecular formula is C17H21NO5. The maximum atomic E-state index is 12.0. The summed E-state index contributed by atoms with van der Waals surface area (Å²) in [5, 5.41) is 2.27. The smallest absolute Gasteiger partial charge is 0.336 e. The summed E-state index contributed by atoms with van der Waals surface area (Å²) in [6.45, 7) is 0.611. The van der Waals surface area contributed by atoms with Gasteiger partial charge in [-0.2, -0.15) is 0 Å². The molecular weight excluding hydrogens is 298 g/mol. The van der Waals surface area contributed by atoms with Crippen LogP contribution < -0.4 is 10.9 Å². The second-order valence-corrected chi connectivity index (χ2v) is 6.18. The lowest BCUT2D eigenvalue weighted by molar-refractivity contribution is -0.120. The number of hydrogen-bond donors (Lipinski definition) is 1. The molecule has 2 heterocycles. The van der Waals surface area contributed by atoms with E-state index in [1.165, 1.54) is 25.3 Å². The van der Waals surface area contributed by atoms with Crippen molar-refractivity contribution in [3.8, 4) is 0 Å². The molecule has 6 nitrogen and oxygen atoms in total. The molecule has 124 valence electrons. The molecule has 1 aliphatic carbocycles. The fraction of sp³-hybridized carbons (Fsp3) is 0.588. The van der Waals surface area contributed by atoms with Gasteiger partial charge in [-0.1, -0.05) is 19.3 Å². The Hall–Kier alpha value is -1.95. The SMILES string of the molecule is O=C1Cc2oc(=O)cc(CCCOC3CCCCC3)c2C(=O)N1. The molecule has 1 aliphatic heterocycles. The Morgan fingerprint density at radius 1 is 1.17 bits per heavy atom. The van der Waals surface area contributed by atoms with E-state index in [1.807, 2.05) is 0 Å². The van der Waals surface area contributed by atoms with E-state index in [-0.39, 0.29) is 12.2 Å². The molecule has 0 unspecified atom stereocenters. The quantitative estimate of drug-likeness (QED) is 0.660. The van der Waals surface area contributed by atoms with Crippen molar-refractivity contribution in [2.45, 2.75) is 57.5 Å². The van der Waals surface area contributed by atoms with Crippen LogP contribution in [0.5, 0.6) is 0 Å². The topological polar surface area (TPSA) is 85.6 Å². The van der Waals surface area contributed by atoms with E-state index in [0.717, 1.165) is 19.3 Å². The normalized spacial score (nSPS) is 18.6. The van der Waals surface area contributed by atoms with E-state index >= 15 is 0 Å². The highest BCUT2D eigenvalue weighted by Crippen LogP contribution is 2.21. The van der Waals surface area contributed by atoms with Crippen LogP contribution in [-0.2, 0) is 22.4 Å². The zero-order valence-electron chi connectivity index (χ0n) is 13.1. The zero-order valence-corrected chi connectivity index (χ0v) is 13.1. The molecule has 0 atom stereocenters. The Kier molecular flexibility index (Phi) is 4.91. The number of nitrogens with one attached hydrogen (secondary N) is 1. The van der Waals surface area contributed by atoms with Gasteiger partial charge in [0.15, 0.2) is 0 Å². The molecule has 2 aliphatic rings. The van der Waals surface area contributed by atoms with Crippen molar-refractivity contribution in [2.24, 2.45) is 0 Å². The molecule has 0 aromatic carbocycles. The first-order valence-corrected chi connectivity index (χ1v) is 8.25. The van der Waals surface area contributed by atoms with E-state index in [0.29, 0.717) is 30.3 Å². The van der Waals surface area contributed by atoms with Crippen LogP contribution in [0.15, 0.2) is 15.3 Å². The average Bonchev–Trinajstić information content (AvgIpc) is 2.51. The van der Waals surface area contributed by atoms with Crippen molar-refractivity contribution in [2.75, 3.05) is 6.61 Å². The molecule has 0 saturated heterocycles. The van der Waals surface area contributed by atoms with Gasteiger partial charge in [0, 0.05) is 12.7 Å². The van der Waals surface area contributed by atoms with E-state index in [4.69, 9.17) is 9.15 Å². The molecule has 0 radical (unpaired) electrons. The molecule has 1 saturated carbocycles. The monoisotopic (exact) mass is 319 g/mol. The van der Waals surface area contributed by atoms with Crippen molar-refractivity contribution in [3.63, 3.8) is 0 Å². The highest BCUT2D eigenvalue weighted by atomic mass is 16.5. The predicted octanol–water partition coefficient (Wildman–Crippen LogP) is 1.73. The lowest BCUT2D eigenvalue weighted by atomic mass is 9.97. The summed E-state index contributed by atoms with van der Waals surface area (Å²) in [6.07, 6.45) is 7.56. The molecule has 0 spiro atoms. The predicted molar refractivity (Wildman–Crippen MR) is 82.3 cm³/mol. The first-order chi connectivity index (χ1) is 11.1. The third kappa shape index (κ3) is 3.88. The Morgan fingerprint density at radius 3 is 2.74 bits per heavy atom. The average molecular weight is 319 g/mol. The first-order valence-electron chi connectivity index (χ1n) is 8.25. The maximum Gasteiger partial charge on any atom is 0.336 e. The van der Waals surface area contributed by atoms with Gasteiger partial charge in [-0.3, -0.25) is 14.9 Å². The van der Waals surface area contributed by atoms with Crippen LogP contribution in [0.2, 0.25) is 0 Å². The molecule has 1 fully saturated rings. The fourth-order valence-electron chi connectivity index (χ4n) is 3.31. The summed E-state index contributed by atoms with van der Waals surface area (Å²) >= 11 is 0. The Balaban J connectivity index is 1.62. The number of aryl methyl sites for hydroxylation is 1. The number of amides is 2. The molecule has 1 N–H and O–H groups in total. The van der Waals surface area contributed by atoms with Gasteiger partial charge in [0.2, 0.25) is 5.91 Å². The minimum Gasteiger partial charge on any atom is -0.426 e. The van der Waals surface area contributed by atoms with E-state index in [2.05, 4.69) is 5.32 Å². The van der Waals surface area contributed by atoms with E-state index < -0.39 is 17.4 Å². The summed E-state index contributed by atoms with van der Waals surface area (Å²) in [5.41, 5.74) is 0.449. The molecule has 1 aromatic rings. The van der Waals surface area contributed by atoms with Crippen molar-refractivity contribution >= 4 is 11.8 Å². The number of rotatable bonds is 5. The van der Waals surface area contributed by atoms with Gasteiger partial charge in [-0.15, -0.1) is 0 Å². The molecule has 1 aromatic heterocycles. The Labute approximate surface area is 134 Å². The number of fused-ring (bicyclic) bond motifs is 1. The summed E-state index contributed by atoms with van der Waals surface area (Å²) in [6, 6.07) is 1.34. The highest BCUT2D eigenvalue weighted by molar-refractivity contribution is 6.09. The van der Waals surface area contributed by atoms with Crippen molar-refractivity contribution < 1.29 is 18.7 Å². The van der Waals surface area contributed by atoms with Crippen LogP contribution in [0.1, 0.15) is 60.2 Å². The number of ether oxygens (including phenoxy) is 1. The third-order valence-electron chi connectivity index (χ3n) is 4.41. The van der Waals surface area contributed by atoms with Gasteiger partial charge in [-0.25, -0.2) is 4.79 Å². The van der Waals surface area contributed by atoms with E-state index in [9.17, 15) is 14.4 Å². The number of carbonyl (C=O) groups excluding carboxylic acids is 2. The highest BCUT2D eigenvalue weighted by Gasteiger charge is 2.27. The van der Waals surface area contributed by atoms with Crippen LogP contribution >= 0.6 is 0 Å². The summed E-state index contributed by atoms with van der Waals surface area (Å²) in [5.74, 6) is -0.749. The largest absolute Gasteiger partial charge is 0.426 e. The van der Waals surface area contributed by atoms with Crippen LogP contribution in [0.3, 0.4) is 0 Å². The second-order valence-electron chi connectivity index (χ2n) is 6.18. The standard InChI is InChI=1S/C17H21NO5/c19-14-10-13-16(17(21)18-14)11(9-15(20)23-13)5-4-8-22-12-6-2-1-3-7-12/h9,12H,1-8,10H2,(H,18,19,21). The summed E-state index contributed by atoms with van der Waals surface area (Å²) in [7, 11) is 0. The third-order valence-corrected chi connectivity index (χ3v) is 4.41. The molecule has 23 heavy (non-hydrogen) atoms. The van der Waals surface area contributed by atoms with Crippen molar-refractivity contribution in [3.05, 3.63) is 33.4 Å². The minimum atomic E-state index is -0.519. The maximum absolute atomic E-state index is 12.0. The lowest BCUT2D eigenvalue weighted by Gasteiger charge is -2.22. The van der Waals surface area contributed by atoms with Crippen molar-refractivity contribution in [1.82, 2.24) is 5.32 Å². The van der Waals surface area contributed by atoms with Crippen LogP contribution in [0.25, 0.3) is 0 Å².